The number of halogens is 1. The van der Waals surface area contributed by atoms with E-state index in [1.165, 1.54) is 32.1 Å². The van der Waals surface area contributed by atoms with Gasteiger partial charge in [0, 0.05) is 26.7 Å². The standard InChI is InChI=1S/C15H31N3O.HI/c1-13(2)7-4-5-10-17-15(16-3)18-11-9-14-8-6-12-19-14;/h13-14H,4-12H2,1-3H3,(H2,16,17,18);1H. The van der Waals surface area contributed by atoms with Crippen LogP contribution in [-0.2, 0) is 4.74 Å². The van der Waals surface area contributed by atoms with Crippen molar-refractivity contribution in [2.24, 2.45) is 10.9 Å². The zero-order chi connectivity index (χ0) is 13.9. The molecule has 5 heteroatoms. The summed E-state index contributed by atoms with van der Waals surface area (Å²) in [4.78, 5) is 4.24. The number of hydrogen-bond donors (Lipinski definition) is 2. The highest BCUT2D eigenvalue weighted by molar-refractivity contribution is 14.0. The van der Waals surface area contributed by atoms with Gasteiger partial charge in [-0.25, -0.2) is 0 Å². The first-order chi connectivity index (χ1) is 9.22. The fraction of sp³-hybridized carbons (Fsp3) is 0.933. The van der Waals surface area contributed by atoms with Gasteiger partial charge in [-0.05, 0) is 31.6 Å². The molecule has 1 rings (SSSR count). The predicted octanol–water partition coefficient (Wildman–Crippen LogP) is 3.16. The van der Waals surface area contributed by atoms with Gasteiger partial charge in [-0.2, -0.15) is 0 Å². The summed E-state index contributed by atoms with van der Waals surface area (Å²) < 4.78 is 5.60. The molecule has 0 aliphatic carbocycles. The molecule has 1 fully saturated rings. The first-order valence-electron chi connectivity index (χ1n) is 7.78. The molecule has 1 aliphatic rings. The number of ether oxygens (including phenoxy) is 1. The summed E-state index contributed by atoms with van der Waals surface area (Å²) >= 11 is 0. The van der Waals surface area contributed by atoms with Gasteiger partial charge in [-0.15, -0.1) is 24.0 Å². The summed E-state index contributed by atoms with van der Waals surface area (Å²) in [5.41, 5.74) is 0. The van der Waals surface area contributed by atoms with Crippen LogP contribution in [-0.4, -0.2) is 38.8 Å². The molecule has 0 aromatic rings. The Morgan fingerprint density at radius 2 is 2.00 bits per heavy atom. The number of hydrogen-bond acceptors (Lipinski definition) is 2. The number of rotatable bonds is 8. The summed E-state index contributed by atoms with van der Waals surface area (Å²) in [5.74, 6) is 1.73. The Kier molecular flexibility index (Phi) is 12.7. The number of guanidine groups is 1. The number of unbranched alkanes of at least 4 members (excludes halogenated alkanes) is 1. The lowest BCUT2D eigenvalue weighted by atomic mass is 10.1. The van der Waals surface area contributed by atoms with E-state index >= 15 is 0 Å². The molecule has 0 radical (unpaired) electrons. The Labute approximate surface area is 141 Å². The van der Waals surface area contributed by atoms with Crippen molar-refractivity contribution < 1.29 is 4.74 Å². The molecule has 1 saturated heterocycles. The minimum atomic E-state index is 0. The zero-order valence-corrected chi connectivity index (χ0v) is 15.6. The molecule has 0 bridgehead atoms. The number of nitrogens with zero attached hydrogens (tertiary/aromatic N) is 1. The van der Waals surface area contributed by atoms with E-state index in [9.17, 15) is 0 Å². The van der Waals surface area contributed by atoms with Crippen LogP contribution in [0.3, 0.4) is 0 Å². The first-order valence-corrected chi connectivity index (χ1v) is 7.78. The Hall–Kier alpha value is -0.0400. The van der Waals surface area contributed by atoms with Crippen LogP contribution in [0.15, 0.2) is 4.99 Å². The molecule has 2 N–H and O–H groups in total. The second-order valence-corrected chi connectivity index (χ2v) is 5.74. The van der Waals surface area contributed by atoms with E-state index in [-0.39, 0.29) is 24.0 Å². The predicted molar refractivity (Wildman–Crippen MR) is 97.1 cm³/mol. The topological polar surface area (TPSA) is 45.7 Å². The maximum absolute atomic E-state index is 5.60. The molecule has 20 heavy (non-hydrogen) atoms. The maximum atomic E-state index is 5.60. The summed E-state index contributed by atoms with van der Waals surface area (Å²) in [6.07, 6.45) is 7.77. The molecule has 0 aromatic carbocycles. The lowest BCUT2D eigenvalue weighted by Crippen LogP contribution is -2.39. The minimum absolute atomic E-state index is 0. The van der Waals surface area contributed by atoms with E-state index in [4.69, 9.17) is 4.74 Å². The quantitative estimate of drug-likeness (QED) is 0.286. The molecule has 1 aliphatic heterocycles. The van der Waals surface area contributed by atoms with Crippen LogP contribution < -0.4 is 10.6 Å². The summed E-state index contributed by atoms with van der Waals surface area (Å²) in [6.45, 7) is 7.44. The van der Waals surface area contributed by atoms with Crippen molar-refractivity contribution in [1.82, 2.24) is 10.6 Å². The van der Waals surface area contributed by atoms with Crippen molar-refractivity contribution in [2.45, 2.75) is 58.5 Å². The molecule has 0 saturated carbocycles. The summed E-state index contributed by atoms with van der Waals surface area (Å²) in [5, 5.41) is 6.72. The van der Waals surface area contributed by atoms with E-state index in [1.54, 1.807) is 0 Å². The first kappa shape index (κ1) is 20.0. The average Bonchev–Trinajstić information content (AvgIpc) is 2.89. The fourth-order valence-electron chi connectivity index (χ4n) is 2.33. The molecule has 1 unspecified atom stereocenters. The van der Waals surface area contributed by atoms with Crippen LogP contribution in [0.5, 0.6) is 0 Å². The van der Waals surface area contributed by atoms with E-state index in [0.29, 0.717) is 6.10 Å². The fourth-order valence-corrected chi connectivity index (χ4v) is 2.33. The Morgan fingerprint density at radius 1 is 1.25 bits per heavy atom. The van der Waals surface area contributed by atoms with Gasteiger partial charge in [0.1, 0.15) is 0 Å². The van der Waals surface area contributed by atoms with Crippen molar-refractivity contribution in [3.8, 4) is 0 Å². The van der Waals surface area contributed by atoms with Crippen molar-refractivity contribution in [1.29, 1.82) is 0 Å². The molecule has 4 nitrogen and oxygen atoms in total. The van der Waals surface area contributed by atoms with Crippen LogP contribution in [0, 0.1) is 5.92 Å². The van der Waals surface area contributed by atoms with Crippen LogP contribution in [0.2, 0.25) is 0 Å². The Morgan fingerprint density at radius 3 is 2.60 bits per heavy atom. The van der Waals surface area contributed by atoms with Crippen molar-refractivity contribution in [3.05, 3.63) is 0 Å². The molecule has 0 aromatic heterocycles. The summed E-state index contributed by atoms with van der Waals surface area (Å²) in [7, 11) is 1.83. The minimum Gasteiger partial charge on any atom is -0.378 e. The molecular formula is C15H32IN3O. The SMILES string of the molecule is CN=C(NCCCCC(C)C)NCCC1CCCO1.I. The Balaban J connectivity index is 0.00000361. The van der Waals surface area contributed by atoms with Crippen LogP contribution in [0.1, 0.15) is 52.4 Å². The number of aliphatic imine (C=N–C) groups is 1. The van der Waals surface area contributed by atoms with Crippen molar-refractivity contribution in [3.63, 3.8) is 0 Å². The van der Waals surface area contributed by atoms with Gasteiger partial charge < -0.3 is 15.4 Å². The normalized spacial score (nSPS) is 19.0. The maximum Gasteiger partial charge on any atom is 0.190 e. The van der Waals surface area contributed by atoms with Gasteiger partial charge in [-0.3, -0.25) is 4.99 Å². The highest BCUT2D eigenvalue weighted by atomic mass is 127. The van der Waals surface area contributed by atoms with Crippen LogP contribution in [0.25, 0.3) is 0 Å². The van der Waals surface area contributed by atoms with Gasteiger partial charge in [0.05, 0.1) is 6.10 Å². The largest absolute Gasteiger partial charge is 0.378 e. The zero-order valence-electron chi connectivity index (χ0n) is 13.3. The van der Waals surface area contributed by atoms with Gasteiger partial charge in [0.15, 0.2) is 5.96 Å². The van der Waals surface area contributed by atoms with Gasteiger partial charge >= 0.3 is 0 Å². The van der Waals surface area contributed by atoms with E-state index < -0.39 is 0 Å². The molecule has 0 amide bonds. The van der Waals surface area contributed by atoms with Crippen molar-refractivity contribution in [2.75, 3.05) is 26.7 Å². The van der Waals surface area contributed by atoms with Crippen LogP contribution >= 0.6 is 24.0 Å². The third-order valence-electron chi connectivity index (χ3n) is 3.51. The monoisotopic (exact) mass is 397 g/mol. The lowest BCUT2D eigenvalue weighted by Gasteiger charge is -2.14. The highest BCUT2D eigenvalue weighted by Gasteiger charge is 2.14. The second kappa shape index (κ2) is 12.7. The molecule has 1 heterocycles. The van der Waals surface area contributed by atoms with E-state index in [0.717, 1.165) is 38.0 Å². The van der Waals surface area contributed by atoms with Gasteiger partial charge in [-0.1, -0.05) is 26.7 Å². The third kappa shape index (κ3) is 9.80. The average molecular weight is 397 g/mol. The van der Waals surface area contributed by atoms with Gasteiger partial charge in [0.25, 0.3) is 0 Å². The molecule has 1 atom stereocenters. The smallest absolute Gasteiger partial charge is 0.190 e. The van der Waals surface area contributed by atoms with Crippen LogP contribution in [0.4, 0.5) is 0 Å². The molecular weight excluding hydrogens is 365 g/mol. The second-order valence-electron chi connectivity index (χ2n) is 5.74. The highest BCUT2D eigenvalue weighted by Crippen LogP contribution is 2.14. The summed E-state index contributed by atoms with van der Waals surface area (Å²) in [6, 6.07) is 0. The number of nitrogens with one attached hydrogen (secondary N) is 2. The van der Waals surface area contributed by atoms with Crippen molar-refractivity contribution >= 4 is 29.9 Å². The lowest BCUT2D eigenvalue weighted by molar-refractivity contribution is 0.105. The molecule has 0 spiro atoms. The van der Waals surface area contributed by atoms with E-state index in [2.05, 4.69) is 29.5 Å². The third-order valence-corrected chi connectivity index (χ3v) is 3.51. The Bertz CT molecular complexity index is 254. The molecule has 120 valence electrons. The van der Waals surface area contributed by atoms with Gasteiger partial charge in [0.2, 0.25) is 0 Å². The van der Waals surface area contributed by atoms with E-state index in [1.807, 2.05) is 7.05 Å².